The van der Waals surface area contributed by atoms with E-state index < -0.39 is 12.0 Å². The van der Waals surface area contributed by atoms with Crippen molar-refractivity contribution in [3.63, 3.8) is 0 Å². The summed E-state index contributed by atoms with van der Waals surface area (Å²) in [6, 6.07) is -0.382. The Hall–Kier alpha value is -1.43. The Morgan fingerprint density at radius 1 is 0.846 bits per heavy atom. The average molecular weight is 371 g/mol. The maximum absolute atomic E-state index is 11.8. The minimum atomic E-state index is -0.821. The molecule has 0 saturated carbocycles. The fraction of sp³-hybridized carbons (Fsp3) is 0.850. The largest absolute Gasteiger partial charge is 0.480 e. The molecule has 0 fully saturated rings. The van der Waals surface area contributed by atoms with Gasteiger partial charge in [0.05, 0.1) is 0 Å². The van der Waals surface area contributed by atoms with Crippen LogP contribution < -0.4 is 10.6 Å². The molecule has 0 aromatic carbocycles. The molecule has 0 rings (SSSR count). The van der Waals surface area contributed by atoms with Crippen molar-refractivity contribution in [2.75, 3.05) is 6.54 Å². The molecule has 3 N–H and O–H groups in total. The fourth-order valence-electron chi connectivity index (χ4n) is 2.70. The van der Waals surface area contributed by atoms with Crippen molar-refractivity contribution in [1.82, 2.24) is 10.6 Å². The van der Waals surface area contributed by atoms with Crippen molar-refractivity contribution in [3.8, 4) is 0 Å². The summed E-state index contributed by atoms with van der Waals surface area (Å²) in [5, 5.41) is 15.1. The van der Waals surface area contributed by atoms with Crippen LogP contribution in [-0.4, -0.2) is 41.4 Å². The van der Waals surface area contributed by atoms with Crippen LogP contribution in [-0.2, 0) is 14.4 Å². The number of Topliss-reactive ketones (excluding diaryl/α,β-unsaturated/α-hetero) is 1. The van der Waals surface area contributed by atoms with Gasteiger partial charge in [-0.05, 0) is 32.1 Å². The van der Waals surface area contributed by atoms with E-state index in [0.29, 0.717) is 31.6 Å². The number of ketones is 1. The number of hydrogen-bond donors (Lipinski definition) is 3. The summed E-state index contributed by atoms with van der Waals surface area (Å²) in [6.45, 7) is 8.30. The Morgan fingerprint density at radius 3 is 2.00 bits per heavy atom. The Labute approximate surface area is 158 Å². The van der Waals surface area contributed by atoms with E-state index in [2.05, 4.69) is 10.6 Å². The molecule has 1 amide bonds. The zero-order valence-corrected chi connectivity index (χ0v) is 17.0. The molecule has 0 aliphatic heterocycles. The van der Waals surface area contributed by atoms with E-state index >= 15 is 0 Å². The summed E-state index contributed by atoms with van der Waals surface area (Å²) in [6.07, 6.45) is 7.00. The molecule has 0 radical (unpaired) electrons. The van der Waals surface area contributed by atoms with Gasteiger partial charge < -0.3 is 15.7 Å². The highest BCUT2D eigenvalue weighted by atomic mass is 16.4. The molecule has 0 aromatic rings. The van der Waals surface area contributed by atoms with E-state index in [0.717, 1.165) is 38.5 Å². The van der Waals surface area contributed by atoms with Gasteiger partial charge in [-0.3, -0.25) is 14.4 Å². The summed E-state index contributed by atoms with van der Waals surface area (Å²) < 4.78 is 0. The molecule has 0 aliphatic carbocycles. The molecule has 152 valence electrons. The number of carboxylic acids is 1. The zero-order chi connectivity index (χ0) is 19.9. The van der Waals surface area contributed by atoms with Crippen molar-refractivity contribution >= 4 is 17.7 Å². The second-order valence-corrected chi connectivity index (χ2v) is 7.59. The van der Waals surface area contributed by atoms with Gasteiger partial charge in [-0.25, -0.2) is 0 Å². The Balaban J connectivity index is 3.60. The summed E-state index contributed by atoms with van der Waals surface area (Å²) in [4.78, 5) is 34.4. The van der Waals surface area contributed by atoms with Crippen molar-refractivity contribution in [3.05, 3.63) is 0 Å². The quantitative estimate of drug-likeness (QED) is 0.362. The molecule has 0 bridgehead atoms. The van der Waals surface area contributed by atoms with Gasteiger partial charge in [-0.15, -0.1) is 0 Å². The molecule has 6 heteroatoms. The minimum Gasteiger partial charge on any atom is -0.480 e. The number of amides is 1. The number of unbranched alkanes of at least 4 members (excludes halogenated alkanes) is 4. The molecule has 6 nitrogen and oxygen atoms in total. The maximum Gasteiger partial charge on any atom is 0.320 e. The van der Waals surface area contributed by atoms with E-state index in [-0.39, 0.29) is 17.9 Å². The van der Waals surface area contributed by atoms with Crippen LogP contribution in [0.5, 0.6) is 0 Å². The zero-order valence-electron chi connectivity index (χ0n) is 17.0. The number of carbonyl (C=O) groups is 3. The lowest BCUT2D eigenvalue weighted by Gasteiger charge is -2.17. The van der Waals surface area contributed by atoms with Crippen LogP contribution in [0.1, 0.15) is 85.5 Å². The van der Waals surface area contributed by atoms with Crippen molar-refractivity contribution < 1.29 is 19.5 Å². The predicted octanol–water partition coefficient (Wildman–Crippen LogP) is 3.29. The number of aliphatic carboxylic acids is 1. The van der Waals surface area contributed by atoms with Crippen LogP contribution in [0.4, 0.5) is 0 Å². The van der Waals surface area contributed by atoms with E-state index in [1.807, 2.05) is 27.7 Å². The fourth-order valence-corrected chi connectivity index (χ4v) is 2.70. The second-order valence-electron chi connectivity index (χ2n) is 7.59. The first-order valence-corrected chi connectivity index (χ1v) is 10.0. The second kappa shape index (κ2) is 14.7. The van der Waals surface area contributed by atoms with E-state index in [4.69, 9.17) is 5.11 Å². The molecule has 0 saturated heterocycles. The van der Waals surface area contributed by atoms with Gasteiger partial charge >= 0.3 is 5.97 Å². The van der Waals surface area contributed by atoms with Gasteiger partial charge in [-0.1, -0.05) is 40.5 Å². The molecular formula is C20H38N2O4. The van der Waals surface area contributed by atoms with Crippen LogP contribution in [0, 0.1) is 5.92 Å². The molecule has 26 heavy (non-hydrogen) atoms. The van der Waals surface area contributed by atoms with Crippen molar-refractivity contribution in [2.45, 2.75) is 97.6 Å². The normalized spacial score (nSPS) is 12.4. The van der Waals surface area contributed by atoms with Gasteiger partial charge in [0.25, 0.3) is 0 Å². The lowest BCUT2D eigenvalue weighted by Crippen LogP contribution is -2.40. The third kappa shape index (κ3) is 13.8. The van der Waals surface area contributed by atoms with Gasteiger partial charge in [0.15, 0.2) is 0 Å². The maximum atomic E-state index is 11.8. The highest BCUT2D eigenvalue weighted by Gasteiger charge is 2.17. The summed E-state index contributed by atoms with van der Waals surface area (Å²) in [7, 11) is 0. The van der Waals surface area contributed by atoms with E-state index in [1.165, 1.54) is 0 Å². The number of rotatable bonds is 16. The van der Waals surface area contributed by atoms with Crippen LogP contribution in [0.15, 0.2) is 0 Å². The minimum absolute atomic E-state index is 0.0540. The first-order valence-electron chi connectivity index (χ1n) is 10.0. The topological polar surface area (TPSA) is 95.5 Å². The van der Waals surface area contributed by atoms with Gasteiger partial charge in [0.1, 0.15) is 11.8 Å². The van der Waals surface area contributed by atoms with Crippen LogP contribution in [0.25, 0.3) is 0 Å². The number of hydrogen-bond acceptors (Lipinski definition) is 4. The lowest BCUT2D eigenvalue weighted by molar-refractivity contribution is -0.140. The Morgan fingerprint density at radius 2 is 1.46 bits per heavy atom. The van der Waals surface area contributed by atoms with Gasteiger partial charge in [0, 0.05) is 31.3 Å². The molecular weight excluding hydrogens is 332 g/mol. The molecule has 0 aliphatic rings. The standard InChI is InChI=1S/C20H38N2O4/c1-15(2)18(23)12-7-5-6-8-13-19(24)21-14-10-9-11-17(20(25)26)22-16(3)4/h15-17,22H,5-14H2,1-4H3,(H,21,24)(H,25,26). The van der Waals surface area contributed by atoms with E-state index in [1.54, 1.807) is 0 Å². The molecule has 0 heterocycles. The Kier molecular flexibility index (Phi) is 13.9. The smallest absolute Gasteiger partial charge is 0.320 e. The van der Waals surface area contributed by atoms with Crippen LogP contribution >= 0.6 is 0 Å². The van der Waals surface area contributed by atoms with Gasteiger partial charge in [-0.2, -0.15) is 0 Å². The van der Waals surface area contributed by atoms with E-state index in [9.17, 15) is 14.4 Å². The molecule has 0 aromatic heterocycles. The van der Waals surface area contributed by atoms with Crippen LogP contribution in [0.3, 0.4) is 0 Å². The highest BCUT2D eigenvalue weighted by Crippen LogP contribution is 2.09. The summed E-state index contributed by atoms with van der Waals surface area (Å²) in [5.41, 5.74) is 0. The number of carboxylic acid groups (broad SMARTS) is 1. The monoisotopic (exact) mass is 370 g/mol. The van der Waals surface area contributed by atoms with Crippen LogP contribution in [0.2, 0.25) is 0 Å². The molecule has 1 atom stereocenters. The first-order chi connectivity index (χ1) is 12.2. The van der Waals surface area contributed by atoms with Crippen molar-refractivity contribution in [1.29, 1.82) is 0 Å². The average Bonchev–Trinajstić information content (AvgIpc) is 2.55. The SMILES string of the molecule is CC(C)NC(CCCCNC(=O)CCCCCCC(=O)C(C)C)C(=O)O. The van der Waals surface area contributed by atoms with Gasteiger partial charge in [0.2, 0.25) is 5.91 Å². The summed E-state index contributed by atoms with van der Waals surface area (Å²) in [5.74, 6) is -0.333. The molecule has 1 unspecified atom stereocenters. The highest BCUT2D eigenvalue weighted by molar-refractivity contribution is 5.80. The third-order valence-electron chi connectivity index (χ3n) is 4.30. The summed E-state index contributed by atoms with van der Waals surface area (Å²) >= 11 is 0. The predicted molar refractivity (Wildman–Crippen MR) is 104 cm³/mol. The van der Waals surface area contributed by atoms with Crippen molar-refractivity contribution in [2.24, 2.45) is 5.92 Å². The first kappa shape index (κ1) is 24.6. The lowest BCUT2D eigenvalue weighted by atomic mass is 10.0. The number of carbonyl (C=O) groups excluding carboxylic acids is 2. The number of nitrogens with one attached hydrogen (secondary N) is 2. The molecule has 0 spiro atoms. The Bertz CT molecular complexity index is 422. The third-order valence-corrected chi connectivity index (χ3v) is 4.30.